The number of nitrogens with zero attached hydrogens (tertiary/aromatic N) is 2. The number of carboxylic acids is 1. The van der Waals surface area contributed by atoms with E-state index in [1.54, 1.807) is 7.05 Å². The molecule has 2 N–H and O–H groups in total. The van der Waals surface area contributed by atoms with Crippen LogP contribution in [0.5, 0.6) is 0 Å². The number of hydrogen-bond donors (Lipinski definition) is 2. The van der Waals surface area contributed by atoms with E-state index >= 15 is 0 Å². The van der Waals surface area contributed by atoms with Crippen LogP contribution in [0.2, 0.25) is 0 Å². The number of aromatic carboxylic acids is 1. The zero-order valence-corrected chi connectivity index (χ0v) is 8.64. The number of nitrogens with one attached hydrogen (secondary N) is 1. The summed E-state index contributed by atoms with van der Waals surface area (Å²) in [6.45, 7) is 3.41. The van der Waals surface area contributed by atoms with Crippen molar-refractivity contribution in [3.8, 4) is 0 Å². The first kappa shape index (κ1) is 11.8. The highest BCUT2D eigenvalue weighted by Crippen LogP contribution is 2.12. The highest BCUT2D eigenvalue weighted by atomic mass is 16.5. The van der Waals surface area contributed by atoms with Gasteiger partial charge in [-0.05, 0) is 0 Å². The van der Waals surface area contributed by atoms with Gasteiger partial charge in [0.2, 0.25) is 0 Å². The fourth-order valence-electron chi connectivity index (χ4n) is 1.00. The maximum absolute atomic E-state index is 11.1. The van der Waals surface area contributed by atoms with Gasteiger partial charge in [-0.15, -0.1) is 0 Å². The molecule has 0 aliphatic heterocycles. The molecule has 0 aromatic carbocycles. The third kappa shape index (κ3) is 2.84. The summed E-state index contributed by atoms with van der Waals surface area (Å²) < 4.78 is 5.91. The van der Waals surface area contributed by atoms with E-state index in [4.69, 9.17) is 5.11 Å². The SMILES string of the molecule is C=CCOC(=O)Nc1nn(C)cc1C(=O)O. The van der Waals surface area contributed by atoms with Crippen molar-refractivity contribution in [1.29, 1.82) is 0 Å². The van der Waals surface area contributed by atoms with Gasteiger partial charge in [-0.2, -0.15) is 5.10 Å². The summed E-state index contributed by atoms with van der Waals surface area (Å²) in [5.41, 5.74) is -0.0990. The molecule has 1 amide bonds. The molecule has 0 fully saturated rings. The minimum Gasteiger partial charge on any atom is -0.477 e. The van der Waals surface area contributed by atoms with Gasteiger partial charge in [0.1, 0.15) is 12.2 Å². The second kappa shape index (κ2) is 4.96. The molecule has 0 radical (unpaired) electrons. The number of hydrogen-bond acceptors (Lipinski definition) is 4. The minimum atomic E-state index is -1.17. The maximum atomic E-state index is 11.1. The molecule has 86 valence electrons. The molecule has 1 aromatic heterocycles. The Balaban J connectivity index is 2.76. The van der Waals surface area contributed by atoms with Gasteiger partial charge in [0.05, 0.1) is 0 Å². The van der Waals surface area contributed by atoms with Crippen molar-refractivity contribution in [3.63, 3.8) is 0 Å². The number of amides is 1. The van der Waals surface area contributed by atoms with Gasteiger partial charge in [0, 0.05) is 13.2 Å². The summed E-state index contributed by atoms with van der Waals surface area (Å²) in [6.07, 6.45) is 1.91. The first-order valence-corrected chi connectivity index (χ1v) is 4.36. The quantitative estimate of drug-likeness (QED) is 0.741. The zero-order valence-electron chi connectivity index (χ0n) is 8.64. The molecular formula is C9H11N3O4. The average Bonchev–Trinajstić information content (AvgIpc) is 2.56. The Kier molecular flexibility index (Phi) is 3.65. The number of carboxylic acid groups (broad SMARTS) is 1. The van der Waals surface area contributed by atoms with Crippen LogP contribution >= 0.6 is 0 Å². The Labute approximate surface area is 91.3 Å². The summed E-state index contributed by atoms with van der Waals surface area (Å²) in [4.78, 5) is 21.9. The fourth-order valence-corrected chi connectivity index (χ4v) is 1.00. The van der Waals surface area contributed by atoms with Crippen molar-refractivity contribution in [2.75, 3.05) is 11.9 Å². The number of aromatic nitrogens is 2. The molecule has 0 saturated carbocycles. The minimum absolute atomic E-state index is 0.0427. The lowest BCUT2D eigenvalue weighted by molar-refractivity contribution is 0.0698. The number of carbonyl (C=O) groups is 2. The Bertz CT molecular complexity index is 424. The summed E-state index contributed by atoms with van der Waals surface area (Å²) >= 11 is 0. The molecule has 0 unspecified atom stereocenters. The fraction of sp³-hybridized carbons (Fsp3) is 0.222. The van der Waals surface area contributed by atoms with Crippen LogP contribution in [0.25, 0.3) is 0 Å². The predicted molar refractivity (Wildman–Crippen MR) is 55.3 cm³/mol. The summed E-state index contributed by atoms with van der Waals surface area (Å²) in [5, 5.41) is 14.8. The molecule has 0 spiro atoms. The summed E-state index contributed by atoms with van der Waals surface area (Å²) in [7, 11) is 1.55. The molecule has 7 nitrogen and oxygen atoms in total. The Hall–Kier alpha value is -2.31. The average molecular weight is 225 g/mol. The van der Waals surface area contributed by atoms with E-state index in [0.29, 0.717) is 0 Å². The molecule has 0 aliphatic carbocycles. The predicted octanol–water partition coefficient (Wildman–Crippen LogP) is 0.853. The van der Waals surface area contributed by atoms with Gasteiger partial charge in [-0.1, -0.05) is 12.7 Å². The van der Waals surface area contributed by atoms with Gasteiger partial charge in [-0.3, -0.25) is 10.00 Å². The van der Waals surface area contributed by atoms with Crippen molar-refractivity contribution >= 4 is 17.9 Å². The third-order valence-electron chi connectivity index (χ3n) is 1.61. The van der Waals surface area contributed by atoms with Crippen LogP contribution < -0.4 is 5.32 Å². The molecule has 0 atom stereocenters. The number of carbonyl (C=O) groups excluding carboxylic acids is 1. The van der Waals surface area contributed by atoms with E-state index in [9.17, 15) is 9.59 Å². The Morgan fingerprint density at radius 1 is 1.75 bits per heavy atom. The first-order valence-electron chi connectivity index (χ1n) is 4.36. The smallest absolute Gasteiger partial charge is 0.413 e. The van der Waals surface area contributed by atoms with Crippen LogP contribution in [-0.2, 0) is 11.8 Å². The lowest BCUT2D eigenvalue weighted by Crippen LogP contribution is -2.16. The molecule has 16 heavy (non-hydrogen) atoms. The van der Waals surface area contributed by atoms with Crippen LogP contribution in [0.3, 0.4) is 0 Å². The highest BCUT2D eigenvalue weighted by Gasteiger charge is 2.16. The van der Waals surface area contributed by atoms with Crippen LogP contribution in [0.1, 0.15) is 10.4 Å². The number of rotatable bonds is 4. The molecule has 7 heteroatoms. The lowest BCUT2D eigenvalue weighted by Gasteiger charge is -2.02. The van der Waals surface area contributed by atoms with Crippen LogP contribution in [0.4, 0.5) is 10.6 Å². The normalized spacial score (nSPS) is 9.56. The van der Waals surface area contributed by atoms with E-state index in [1.807, 2.05) is 0 Å². The molecular weight excluding hydrogens is 214 g/mol. The zero-order chi connectivity index (χ0) is 12.1. The van der Waals surface area contributed by atoms with Gasteiger partial charge in [0.25, 0.3) is 0 Å². The van der Waals surface area contributed by atoms with Crippen molar-refractivity contribution < 1.29 is 19.4 Å². The molecule has 0 saturated heterocycles. The van der Waals surface area contributed by atoms with Crippen LogP contribution in [0, 0.1) is 0 Å². The topological polar surface area (TPSA) is 93.5 Å². The van der Waals surface area contributed by atoms with Crippen LogP contribution in [-0.4, -0.2) is 33.6 Å². The monoisotopic (exact) mass is 225 g/mol. The summed E-state index contributed by atoms with van der Waals surface area (Å²) in [6, 6.07) is 0. The number of aryl methyl sites for hydroxylation is 1. The van der Waals surface area contributed by atoms with E-state index < -0.39 is 12.1 Å². The van der Waals surface area contributed by atoms with Crippen molar-refractivity contribution in [3.05, 3.63) is 24.4 Å². The van der Waals surface area contributed by atoms with E-state index in [-0.39, 0.29) is 18.0 Å². The Morgan fingerprint density at radius 2 is 2.44 bits per heavy atom. The highest BCUT2D eigenvalue weighted by molar-refractivity contribution is 5.97. The maximum Gasteiger partial charge on any atom is 0.413 e. The standard InChI is InChI=1S/C9H11N3O4/c1-3-4-16-9(15)10-7-6(8(13)14)5-12(2)11-7/h3,5H,1,4H2,2H3,(H,13,14)(H,10,11,15). The van der Waals surface area contributed by atoms with E-state index in [1.165, 1.54) is 17.0 Å². The van der Waals surface area contributed by atoms with Crippen molar-refractivity contribution in [2.24, 2.45) is 7.05 Å². The Morgan fingerprint density at radius 3 is 3.00 bits per heavy atom. The van der Waals surface area contributed by atoms with Gasteiger partial charge >= 0.3 is 12.1 Å². The summed E-state index contributed by atoms with van der Waals surface area (Å²) in [5.74, 6) is -1.23. The molecule has 1 aromatic rings. The molecule has 1 rings (SSSR count). The molecule has 1 heterocycles. The van der Waals surface area contributed by atoms with E-state index in [2.05, 4.69) is 21.7 Å². The number of anilines is 1. The van der Waals surface area contributed by atoms with Gasteiger partial charge in [-0.25, -0.2) is 9.59 Å². The second-order valence-corrected chi connectivity index (χ2v) is 2.88. The largest absolute Gasteiger partial charge is 0.477 e. The molecule has 0 aliphatic rings. The lowest BCUT2D eigenvalue weighted by atomic mass is 10.3. The first-order chi connectivity index (χ1) is 7.54. The third-order valence-corrected chi connectivity index (χ3v) is 1.61. The van der Waals surface area contributed by atoms with Crippen molar-refractivity contribution in [2.45, 2.75) is 0 Å². The van der Waals surface area contributed by atoms with Crippen LogP contribution in [0.15, 0.2) is 18.9 Å². The van der Waals surface area contributed by atoms with Gasteiger partial charge in [0.15, 0.2) is 5.82 Å². The second-order valence-electron chi connectivity index (χ2n) is 2.88. The van der Waals surface area contributed by atoms with Crippen molar-refractivity contribution in [1.82, 2.24) is 9.78 Å². The van der Waals surface area contributed by atoms with Gasteiger partial charge < -0.3 is 9.84 Å². The molecule has 0 bridgehead atoms. The number of ether oxygens (including phenoxy) is 1. The van der Waals surface area contributed by atoms with E-state index in [0.717, 1.165) is 0 Å².